The Morgan fingerprint density at radius 3 is 2.72 bits per heavy atom. The summed E-state index contributed by atoms with van der Waals surface area (Å²) in [6.45, 7) is 7.01. The molecule has 3 aliphatic rings. The average molecular weight is 309 g/mol. The van der Waals surface area contributed by atoms with Gasteiger partial charge in [-0.3, -0.25) is 0 Å². The van der Waals surface area contributed by atoms with E-state index in [1.807, 2.05) is 0 Å². The molecular formula is C15H21BrN2. The van der Waals surface area contributed by atoms with Crippen LogP contribution in [0.5, 0.6) is 0 Å². The van der Waals surface area contributed by atoms with Gasteiger partial charge in [-0.2, -0.15) is 0 Å². The molecule has 1 atom stereocenters. The Hall–Kier alpha value is -0.380. The molecule has 1 unspecified atom stereocenters. The van der Waals surface area contributed by atoms with Gasteiger partial charge in [0.25, 0.3) is 0 Å². The molecule has 1 aromatic rings. The number of benzene rings is 1. The van der Waals surface area contributed by atoms with E-state index in [1.54, 1.807) is 0 Å². The molecule has 2 nitrogen and oxygen atoms in total. The molecule has 0 saturated carbocycles. The van der Waals surface area contributed by atoms with Crippen LogP contribution in [0.1, 0.15) is 24.0 Å². The molecule has 0 amide bonds. The Labute approximate surface area is 118 Å². The number of hydrogen-bond donors (Lipinski definition) is 1. The fourth-order valence-corrected chi connectivity index (χ4v) is 3.62. The van der Waals surface area contributed by atoms with E-state index in [4.69, 9.17) is 0 Å². The van der Waals surface area contributed by atoms with Crippen LogP contribution in [-0.4, -0.2) is 30.6 Å². The number of hydrogen-bond acceptors (Lipinski definition) is 2. The van der Waals surface area contributed by atoms with E-state index in [0.717, 1.165) is 12.5 Å². The van der Waals surface area contributed by atoms with Crippen molar-refractivity contribution < 1.29 is 0 Å². The van der Waals surface area contributed by atoms with Crippen molar-refractivity contribution in [1.82, 2.24) is 10.2 Å². The minimum atomic E-state index is 0.701. The van der Waals surface area contributed by atoms with Crippen LogP contribution in [0.2, 0.25) is 0 Å². The van der Waals surface area contributed by atoms with Gasteiger partial charge >= 0.3 is 0 Å². The fraction of sp³-hybridized carbons (Fsp3) is 0.600. The van der Waals surface area contributed by atoms with Gasteiger partial charge in [-0.25, -0.2) is 0 Å². The number of fused-ring (bicyclic) bond motifs is 3. The molecule has 3 heteroatoms. The van der Waals surface area contributed by atoms with Gasteiger partial charge in [0.2, 0.25) is 0 Å². The van der Waals surface area contributed by atoms with Gasteiger partial charge in [0, 0.05) is 23.6 Å². The monoisotopic (exact) mass is 308 g/mol. The third-order valence-electron chi connectivity index (χ3n) is 4.46. The number of halogens is 1. The summed E-state index contributed by atoms with van der Waals surface area (Å²) in [4.78, 5) is 2.60. The maximum Gasteiger partial charge on any atom is 0.0227 e. The molecule has 1 aromatic carbocycles. The lowest BCUT2D eigenvalue weighted by Crippen LogP contribution is -2.55. The second-order valence-corrected chi connectivity index (χ2v) is 6.56. The second kappa shape index (κ2) is 5.32. The standard InChI is InChI=1S/C15H21BrN2/c1-11-2-3-12(8-14(11)16)9-17-15-10-18-6-4-13(15)5-7-18/h2-3,8,13,15,17H,4-7,9-10H2,1H3. The van der Waals surface area contributed by atoms with Gasteiger partial charge in [0.1, 0.15) is 0 Å². The lowest BCUT2D eigenvalue weighted by atomic mass is 9.84. The van der Waals surface area contributed by atoms with E-state index in [9.17, 15) is 0 Å². The summed E-state index contributed by atoms with van der Waals surface area (Å²) < 4.78 is 1.22. The van der Waals surface area contributed by atoms with Crippen molar-refractivity contribution >= 4 is 15.9 Å². The largest absolute Gasteiger partial charge is 0.308 e. The number of rotatable bonds is 3. The highest BCUT2D eigenvalue weighted by Gasteiger charge is 2.33. The first kappa shape index (κ1) is 12.6. The molecule has 0 aromatic heterocycles. The van der Waals surface area contributed by atoms with Crippen molar-refractivity contribution in [2.24, 2.45) is 5.92 Å². The van der Waals surface area contributed by atoms with Crippen LogP contribution < -0.4 is 5.32 Å². The molecule has 4 rings (SSSR count). The first-order valence-electron chi connectivity index (χ1n) is 6.93. The van der Waals surface area contributed by atoms with Crippen LogP contribution in [0.15, 0.2) is 22.7 Å². The zero-order valence-electron chi connectivity index (χ0n) is 11.0. The molecular weight excluding hydrogens is 288 g/mol. The maximum absolute atomic E-state index is 3.75. The van der Waals surface area contributed by atoms with Gasteiger partial charge in [0.15, 0.2) is 0 Å². The SMILES string of the molecule is Cc1ccc(CNC2CN3CCC2CC3)cc1Br. The minimum absolute atomic E-state index is 0.701. The van der Waals surface area contributed by atoms with E-state index >= 15 is 0 Å². The van der Waals surface area contributed by atoms with E-state index in [1.165, 1.54) is 48.1 Å². The molecule has 3 fully saturated rings. The summed E-state index contributed by atoms with van der Waals surface area (Å²) in [5.41, 5.74) is 2.69. The topological polar surface area (TPSA) is 15.3 Å². The number of nitrogens with one attached hydrogen (secondary N) is 1. The smallest absolute Gasteiger partial charge is 0.0227 e. The predicted octanol–water partition coefficient (Wildman–Crippen LogP) is 2.94. The van der Waals surface area contributed by atoms with Crippen LogP contribution in [0.3, 0.4) is 0 Å². The van der Waals surface area contributed by atoms with E-state index in [2.05, 4.69) is 51.3 Å². The van der Waals surface area contributed by atoms with Crippen molar-refractivity contribution in [3.63, 3.8) is 0 Å². The van der Waals surface area contributed by atoms with Gasteiger partial charge < -0.3 is 10.2 Å². The maximum atomic E-state index is 3.75. The summed E-state index contributed by atoms with van der Waals surface area (Å²) in [5.74, 6) is 0.906. The van der Waals surface area contributed by atoms with Crippen LogP contribution in [0.4, 0.5) is 0 Å². The highest BCUT2D eigenvalue weighted by Crippen LogP contribution is 2.27. The molecule has 1 N–H and O–H groups in total. The number of aryl methyl sites for hydroxylation is 1. The fourth-order valence-electron chi connectivity index (χ4n) is 3.19. The summed E-state index contributed by atoms with van der Waals surface area (Å²) in [6.07, 6.45) is 2.77. The number of piperidine rings is 3. The van der Waals surface area contributed by atoms with E-state index in [0.29, 0.717) is 6.04 Å². The lowest BCUT2D eigenvalue weighted by Gasteiger charge is -2.45. The van der Waals surface area contributed by atoms with Crippen molar-refractivity contribution in [1.29, 1.82) is 0 Å². The van der Waals surface area contributed by atoms with Gasteiger partial charge in [-0.15, -0.1) is 0 Å². The predicted molar refractivity (Wildman–Crippen MR) is 78.7 cm³/mol. The zero-order valence-corrected chi connectivity index (χ0v) is 12.5. The highest BCUT2D eigenvalue weighted by molar-refractivity contribution is 9.10. The zero-order chi connectivity index (χ0) is 12.5. The van der Waals surface area contributed by atoms with E-state index in [-0.39, 0.29) is 0 Å². The highest BCUT2D eigenvalue weighted by atomic mass is 79.9. The molecule has 98 valence electrons. The second-order valence-electron chi connectivity index (χ2n) is 5.71. The molecule has 18 heavy (non-hydrogen) atoms. The summed E-state index contributed by atoms with van der Waals surface area (Å²) in [6, 6.07) is 7.36. The van der Waals surface area contributed by atoms with Gasteiger partial charge in [0.05, 0.1) is 0 Å². The molecule has 0 radical (unpaired) electrons. The molecule has 2 bridgehead atoms. The first-order valence-corrected chi connectivity index (χ1v) is 7.72. The van der Waals surface area contributed by atoms with Crippen LogP contribution >= 0.6 is 15.9 Å². The quantitative estimate of drug-likeness (QED) is 0.923. The Balaban J connectivity index is 1.59. The van der Waals surface area contributed by atoms with Crippen molar-refractivity contribution in [3.05, 3.63) is 33.8 Å². The molecule has 3 aliphatic heterocycles. The van der Waals surface area contributed by atoms with Gasteiger partial charge in [-0.1, -0.05) is 28.1 Å². The van der Waals surface area contributed by atoms with Crippen LogP contribution in [-0.2, 0) is 6.54 Å². The Bertz CT molecular complexity index is 425. The van der Waals surface area contributed by atoms with Crippen molar-refractivity contribution in [3.8, 4) is 0 Å². The number of nitrogens with zero attached hydrogens (tertiary/aromatic N) is 1. The Morgan fingerprint density at radius 1 is 1.33 bits per heavy atom. The summed E-state index contributed by atoms with van der Waals surface area (Å²) in [5, 5.41) is 3.75. The molecule has 0 spiro atoms. The molecule has 3 saturated heterocycles. The molecule has 0 aliphatic carbocycles. The van der Waals surface area contributed by atoms with Crippen LogP contribution in [0, 0.1) is 12.8 Å². The van der Waals surface area contributed by atoms with Crippen LogP contribution in [0.25, 0.3) is 0 Å². The lowest BCUT2D eigenvalue weighted by molar-refractivity contribution is 0.0720. The normalized spacial score (nSPS) is 30.7. The van der Waals surface area contributed by atoms with Crippen molar-refractivity contribution in [2.45, 2.75) is 32.4 Å². The molecule has 3 heterocycles. The van der Waals surface area contributed by atoms with E-state index < -0.39 is 0 Å². The summed E-state index contributed by atoms with van der Waals surface area (Å²) in [7, 11) is 0. The Kier molecular flexibility index (Phi) is 3.73. The third kappa shape index (κ3) is 2.63. The first-order chi connectivity index (χ1) is 8.72. The average Bonchev–Trinajstić information content (AvgIpc) is 2.41. The van der Waals surface area contributed by atoms with Gasteiger partial charge in [-0.05, 0) is 56.0 Å². The van der Waals surface area contributed by atoms with Crippen molar-refractivity contribution in [2.75, 3.05) is 19.6 Å². The third-order valence-corrected chi connectivity index (χ3v) is 5.32. The minimum Gasteiger partial charge on any atom is -0.308 e. The summed E-state index contributed by atoms with van der Waals surface area (Å²) >= 11 is 3.61. The Morgan fingerprint density at radius 2 is 2.11 bits per heavy atom.